The van der Waals surface area contributed by atoms with Gasteiger partial charge in [-0.1, -0.05) is 24.3 Å². The fourth-order valence-electron chi connectivity index (χ4n) is 3.16. The minimum atomic E-state index is -3.38. The number of sulfone groups is 1. The molecular weight excluding hydrogens is 383 g/mol. The first kappa shape index (κ1) is 21.8. The summed E-state index contributed by atoms with van der Waals surface area (Å²) in [6.07, 6.45) is 1.10. The van der Waals surface area contributed by atoms with Crippen molar-refractivity contribution in [3.8, 4) is 0 Å². The first-order valence-electron chi connectivity index (χ1n) is 8.56. The molecule has 0 saturated heterocycles. The Kier molecular flexibility index (Phi) is 6.41. The van der Waals surface area contributed by atoms with E-state index in [1.165, 1.54) is 37.3 Å². The van der Waals surface area contributed by atoms with Crippen molar-refractivity contribution in [2.24, 2.45) is 0 Å². The monoisotopic (exact) mass is 406 g/mol. The van der Waals surface area contributed by atoms with Gasteiger partial charge >= 0.3 is 5.97 Å². The topological polar surface area (TPSA) is 80.7 Å². The van der Waals surface area contributed by atoms with E-state index < -0.39 is 33.8 Å². The SMILES string of the molecule is CC(=O)OC(C)(C)/C(=C(\CO)c1cccc(F)c1)c1ccc(S(C)(=O)=O)cc1. The van der Waals surface area contributed by atoms with Crippen LogP contribution in [0.1, 0.15) is 31.9 Å². The molecule has 1 N–H and O–H groups in total. The van der Waals surface area contributed by atoms with Gasteiger partial charge in [0.2, 0.25) is 0 Å². The Morgan fingerprint density at radius 1 is 1.11 bits per heavy atom. The van der Waals surface area contributed by atoms with E-state index >= 15 is 0 Å². The van der Waals surface area contributed by atoms with Crippen LogP contribution in [0.2, 0.25) is 0 Å². The van der Waals surface area contributed by atoms with Crippen LogP contribution >= 0.6 is 0 Å². The Hall–Kier alpha value is -2.51. The van der Waals surface area contributed by atoms with Gasteiger partial charge in [-0.05, 0) is 54.8 Å². The lowest BCUT2D eigenvalue weighted by Gasteiger charge is -2.31. The molecule has 0 spiro atoms. The predicted molar refractivity (Wildman–Crippen MR) is 106 cm³/mol. The van der Waals surface area contributed by atoms with Crippen LogP contribution in [0.15, 0.2) is 53.4 Å². The first-order valence-corrected chi connectivity index (χ1v) is 10.5. The number of carbonyl (C=O) groups is 1. The molecule has 0 radical (unpaired) electrons. The minimum Gasteiger partial charge on any atom is -0.455 e. The van der Waals surface area contributed by atoms with Crippen LogP contribution < -0.4 is 0 Å². The van der Waals surface area contributed by atoms with Crippen LogP contribution in [0.3, 0.4) is 0 Å². The summed E-state index contributed by atoms with van der Waals surface area (Å²) >= 11 is 0. The lowest BCUT2D eigenvalue weighted by molar-refractivity contribution is -0.148. The van der Waals surface area contributed by atoms with Crippen molar-refractivity contribution in [3.63, 3.8) is 0 Å². The third-order valence-electron chi connectivity index (χ3n) is 4.21. The van der Waals surface area contributed by atoms with Crippen molar-refractivity contribution >= 4 is 27.0 Å². The highest BCUT2D eigenvalue weighted by molar-refractivity contribution is 7.90. The number of hydrogen-bond acceptors (Lipinski definition) is 5. The average Bonchev–Trinajstić information content (AvgIpc) is 2.57. The zero-order chi connectivity index (χ0) is 21.1. The Morgan fingerprint density at radius 3 is 2.18 bits per heavy atom. The standard InChI is InChI=1S/C21H23FO5S/c1-14(24)27-21(2,3)20(15-8-10-18(11-9-15)28(4,25)26)19(13-23)16-6-5-7-17(22)12-16/h5-12,23H,13H2,1-4H3/b20-19+. The average molecular weight is 406 g/mol. The molecule has 0 aromatic heterocycles. The Labute approximate surface area is 164 Å². The molecule has 7 heteroatoms. The van der Waals surface area contributed by atoms with E-state index in [-0.39, 0.29) is 4.90 Å². The van der Waals surface area contributed by atoms with Crippen LogP contribution in [0.5, 0.6) is 0 Å². The van der Waals surface area contributed by atoms with Gasteiger partial charge in [0, 0.05) is 18.8 Å². The third kappa shape index (κ3) is 5.05. The molecule has 0 fully saturated rings. The normalized spacial score (nSPS) is 13.1. The third-order valence-corrected chi connectivity index (χ3v) is 5.33. The number of esters is 1. The fourth-order valence-corrected chi connectivity index (χ4v) is 3.79. The number of rotatable bonds is 6. The van der Waals surface area contributed by atoms with Crippen molar-refractivity contribution in [3.05, 3.63) is 65.5 Å². The quantitative estimate of drug-likeness (QED) is 0.587. The van der Waals surface area contributed by atoms with Crippen LogP contribution in [0.4, 0.5) is 4.39 Å². The van der Waals surface area contributed by atoms with E-state index in [2.05, 4.69) is 0 Å². The van der Waals surface area contributed by atoms with Crippen LogP contribution in [0, 0.1) is 5.82 Å². The van der Waals surface area contributed by atoms with Gasteiger partial charge in [0.25, 0.3) is 0 Å². The van der Waals surface area contributed by atoms with Gasteiger partial charge in [-0.15, -0.1) is 0 Å². The summed E-state index contributed by atoms with van der Waals surface area (Å²) in [5, 5.41) is 10.1. The molecule has 28 heavy (non-hydrogen) atoms. The lowest BCUT2D eigenvalue weighted by Crippen LogP contribution is -2.30. The van der Waals surface area contributed by atoms with Crippen LogP contribution in [0.25, 0.3) is 11.1 Å². The lowest BCUT2D eigenvalue weighted by atomic mass is 9.84. The molecule has 0 aliphatic heterocycles. The summed E-state index contributed by atoms with van der Waals surface area (Å²) in [5.74, 6) is -0.993. The summed E-state index contributed by atoms with van der Waals surface area (Å²) in [6.45, 7) is 4.15. The molecule has 0 unspecified atom stereocenters. The number of carbonyl (C=O) groups excluding carboxylic acids is 1. The zero-order valence-corrected chi connectivity index (χ0v) is 17.0. The second-order valence-electron chi connectivity index (χ2n) is 6.92. The van der Waals surface area contributed by atoms with Crippen molar-refractivity contribution in [2.45, 2.75) is 31.3 Å². The maximum atomic E-state index is 13.8. The van der Waals surface area contributed by atoms with Gasteiger partial charge in [-0.2, -0.15) is 0 Å². The van der Waals surface area contributed by atoms with Crippen LogP contribution in [-0.4, -0.2) is 38.0 Å². The molecule has 150 valence electrons. The number of benzene rings is 2. The van der Waals surface area contributed by atoms with Gasteiger partial charge in [0.1, 0.15) is 11.4 Å². The maximum Gasteiger partial charge on any atom is 0.303 e. The number of aliphatic hydroxyl groups excluding tert-OH is 1. The second-order valence-corrected chi connectivity index (χ2v) is 8.94. The highest BCUT2D eigenvalue weighted by Gasteiger charge is 2.31. The molecule has 0 atom stereocenters. The molecule has 0 amide bonds. The van der Waals surface area contributed by atoms with Crippen molar-refractivity contribution in [2.75, 3.05) is 12.9 Å². The number of aliphatic hydroxyl groups is 1. The molecule has 2 aromatic carbocycles. The first-order chi connectivity index (χ1) is 13.0. The number of ether oxygens (including phenoxy) is 1. The molecule has 2 aromatic rings. The number of hydrogen-bond donors (Lipinski definition) is 1. The summed E-state index contributed by atoms with van der Waals surface area (Å²) < 4.78 is 42.7. The molecule has 5 nitrogen and oxygen atoms in total. The minimum absolute atomic E-state index is 0.136. The van der Waals surface area contributed by atoms with E-state index in [0.29, 0.717) is 22.3 Å². The van der Waals surface area contributed by atoms with Gasteiger partial charge in [0.05, 0.1) is 11.5 Å². The van der Waals surface area contributed by atoms with E-state index in [0.717, 1.165) is 6.26 Å². The molecule has 0 aliphatic carbocycles. The molecule has 2 rings (SSSR count). The largest absolute Gasteiger partial charge is 0.455 e. The van der Waals surface area contributed by atoms with Gasteiger partial charge < -0.3 is 9.84 Å². The predicted octanol–water partition coefficient (Wildman–Crippen LogP) is 3.47. The molecular formula is C21H23FO5S. The summed E-state index contributed by atoms with van der Waals surface area (Å²) in [4.78, 5) is 11.8. The summed E-state index contributed by atoms with van der Waals surface area (Å²) in [7, 11) is -3.38. The molecule has 0 aliphatic rings. The molecule has 0 bridgehead atoms. The summed E-state index contributed by atoms with van der Waals surface area (Å²) in [6, 6.07) is 11.8. The number of halogens is 1. The Morgan fingerprint density at radius 2 is 1.71 bits per heavy atom. The highest BCUT2D eigenvalue weighted by atomic mass is 32.2. The van der Waals surface area contributed by atoms with Gasteiger partial charge in [-0.3, -0.25) is 4.79 Å². The Balaban J connectivity index is 2.77. The second kappa shape index (κ2) is 8.24. The Bertz CT molecular complexity index is 1010. The molecule has 0 heterocycles. The van der Waals surface area contributed by atoms with E-state index in [4.69, 9.17) is 4.74 Å². The van der Waals surface area contributed by atoms with Gasteiger partial charge in [-0.25, -0.2) is 12.8 Å². The van der Waals surface area contributed by atoms with Crippen molar-refractivity contribution < 1.29 is 27.4 Å². The smallest absolute Gasteiger partial charge is 0.303 e. The van der Waals surface area contributed by atoms with Crippen LogP contribution in [-0.2, 0) is 19.4 Å². The highest BCUT2D eigenvalue weighted by Crippen LogP contribution is 2.37. The summed E-state index contributed by atoms with van der Waals surface area (Å²) in [5.41, 5.74) is 0.647. The van der Waals surface area contributed by atoms with E-state index in [9.17, 15) is 22.7 Å². The van der Waals surface area contributed by atoms with Gasteiger partial charge in [0.15, 0.2) is 9.84 Å². The van der Waals surface area contributed by atoms with E-state index in [1.54, 1.807) is 32.0 Å². The van der Waals surface area contributed by atoms with Crippen molar-refractivity contribution in [1.29, 1.82) is 0 Å². The van der Waals surface area contributed by atoms with E-state index in [1.807, 2.05) is 0 Å². The fraction of sp³-hybridized carbons (Fsp3) is 0.286. The zero-order valence-electron chi connectivity index (χ0n) is 16.2. The van der Waals surface area contributed by atoms with Crippen molar-refractivity contribution in [1.82, 2.24) is 0 Å². The maximum absolute atomic E-state index is 13.8. The molecule has 0 saturated carbocycles.